The molecule has 5 rings (SSSR count). The average Bonchev–Trinajstić information content (AvgIpc) is 3.37. The monoisotopic (exact) mass is 419 g/mol. The molecule has 0 bridgehead atoms. The van der Waals surface area contributed by atoms with Gasteiger partial charge in [-0.3, -0.25) is 4.79 Å². The number of amides is 1. The zero-order chi connectivity index (χ0) is 21.3. The molecular formula is C24H25N3O4. The van der Waals surface area contributed by atoms with Crippen molar-refractivity contribution in [3.63, 3.8) is 0 Å². The summed E-state index contributed by atoms with van der Waals surface area (Å²) in [6.45, 7) is 2.02. The van der Waals surface area contributed by atoms with Crippen molar-refractivity contribution in [3.05, 3.63) is 53.9 Å². The molecule has 1 amide bonds. The average molecular weight is 419 g/mol. The number of hydrogen-bond donors (Lipinski definition) is 1. The fourth-order valence-corrected chi connectivity index (χ4v) is 4.08. The van der Waals surface area contributed by atoms with Crippen LogP contribution in [0.5, 0.6) is 11.5 Å². The van der Waals surface area contributed by atoms with Gasteiger partial charge in [0.15, 0.2) is 11.5 Å². The van der Waals surface area contributed by atoms with Crippen molar-refractivity contribution in [1.82, 2.24) is 10.2 Å². The molecule has 1 fully saturated rings. The molecule has 0 atom stereocenters. The Morgan fingerprint density at radius 1 is 1.00 bits per heavy atom. The third kappa shape index (κ3) is 4.26. The van der Waals surface area contributed by atoms with Crippen LogP contribution in [0.2, 0.25) is 0 Å². The van der Waals surface area contributed by atoms with Gasteiger partial charge in [0.2, 0.25) is 17.7 Å². The quantitative estimate of drug-likeness (QED) is 0.623. The van der Waals surface area contributed by atoms with Crippen LogP contribution in [0.25, 0.3) is 11.5 Å². The van der Waals surface area contributed by atoms with Crippen LogP contribution >= 0.6 is 0 Å². The Kier molecular flexibility index (Phi) is 5.10. The molecule has 0 unspecified atom stereocenters. The highest BCUT2D eigenvalue weighted by Gasteiger charge is 2.42. The minimum absolute atomic E-state index is 0.124. The predicted octanol–water partition coefficient (Wildman–Crippen LogP) is 5.05. The van der Waals surface area contributed by atoms with Crippen LogP contribution < -0.4 is 14.8 Å². The molecule has 0 saturated heterocycles. The standard InChI is InChI=1S/C24H25N3O4/c1-16-5-7-17(8-6-16)23-27-26-22(29-23)12-11-21(28)25-18-9-10-19-20(15-18)31-24(30-19)13-3-2-4-14-24/h5-10,15H,2-4,11-14H2,1H3,(H,25,28). The number of anilines is 1. The van der Waals surface area contributed by atoms with E-state index in [-0.39, 0.29) is 12.3 Å². The summed E-state index contributed by atoms with van der Waals surface area (Å²) < 4.78 is 17.9. The van der Waals surface area contributed by atoms with Gasteiger partial charge in [0, 0.05) is 43.0 Å². The minimum Gasteiger partial charge on any atom is -0.448 e. The van der Waals surface area contributed by atoms with Crippen LogP contribution in [0.3, 0.4) is 0 Å². The predicted molar refractivity (Wildman–Crippen MR) is 115 cm³/mol. The van der Waals surface area contributed by atoms with Crippen molar-refractivity contribution >= 4 is 11.6 Å². The highest BCUT2D eigenvalue weighted by molar-refractivity contribution is 5.91. The van der Waals surface area contributed by atoms with E-state index in [1.165, 1.54) is 6.42 Å². The Bertz CT molecular complexity index is 1080. The minimum atomic E-state index is -0.518. The Labute approximate surface area is 180 Å². The van der Waals surface area contributed by atoms with Crippen LogP contribution in [-0.4, -0.2) is 21.9 Å². The molecule has 31 heavy (non-hydrogen) atoms. The first-order chi connectivity index (χ1) is 15.1. The molecule has 2 aliphatic rings. The highest BCUT2D eigenvalue weighted by Crippen LogP contribution is 2.46. The van der Waals surface area contributed by atoms with E-state index < -0.39 is 5.79 Å². The molecule has 7 nitrogen and oxygen atoms in total. The van der Waals surface area contributed by atoms with Gasteiger partial charge in [0.25, 0.3) is 5.79 Å². The topological polar surface area (TPSA) is 86.5 Å². The SMILES string of the molecule is Cc1ccc(-c2nnc(CCC(=O)Nc3ccc4c(c3)OC3(CCCCC3)O4)o2)cc1. The second kappa shape index (κ2) is 8.06. The van der Waals surface area contributed by atoms with Crippen molar-refractivity contribution in [2.75, 3.05) is 5.32 Å². The molecule has 1 aliphatic heterocycles. The number of benzene rings is 2. The van der Waals surface area contributed by atoms with Crippen LogP contribution in [0, 0.1) is 6.92 Å². The number of nitrogens with one attached hydrogen (secondary N) is 1. The number of ether oxygens (including phenoxy) is 2. The summed E-state index contributed by atoms with van der Waals surface area (Å²) in [6.07, 6.45) is 5.86. The molecule has 1 N–H and O–H groups in total. The van der Waals surface area contributed by atoms with Crippen molar-refractivity contribution in [3.8, 4) is 23.0 Å². The first-order valence-corrected chi connectivity index (χ1v) is 10.8. The summed E-state index contributed by atoms with van der Waals surface area (Å²) in [5.41, 5.74) is 2.72. The van der Waals surface area contributed by atoms with Crippen molar-refractivity contribution < 1.29 is 18.7 Å². The third-order valence-corrected chi connectivity index (χ3v) is 5.77. The van der Waals surface area contributed by atoms with E-state index in [1.807, 2.05) is 49.4 Å². The summed E-state index contributed by atoms with van der Waals surface area (Å²) in [6, 6.07) is 13.4. The third-order valence-electron chi connectivity index (χ3n) is 5.77. The molecule has 3 aromatic rings. The number of aromatic nitrogens is 2. The van der Waals surface area contributed by atoms with E-state index in [0.717, 1.165) is 42.6 Å². The number of fused-ring (bicyclic) bond motifs is 1. The van der Waals surface area contributed by atoms with E-state index in [4.69, 9.17) is 13.9 Å². The van der Waals surface area contributed by atoms with E-state index in [2.05, 4.69) is 15.5 Å². The first-order valence-electron chi connectivity index (χ1n) is 10.8. The van der Waals surface area contributed by atoms with Crippen LogP contribution in [-0.2, 0) is 11.2 Å². The molecule has 7 heteroatoms. The molecule has 1 aliphatic carbocycles. The largest absolute Gasteiger partial charge is 0.448 e. The molecule has 2 aromatic carbocycles. The van der Waals surface area contributed by atoms with E-state index in [0.29, 0.717) is 29.6 Å². The maximum atomic E-state index is 12.4. The van der Waals surface area contributed by atoms with Crippen LogP contribution in [0.4, 0.5) is 5.69 Å². The Morgan fingerprint density at radius 2 is 1.77 bits per heavy atom. The number of carbonyl (C=O) groups is 1. The lowest BCUT2D eigenvalue weighted by Crippen LogP contribution is -2.40. The normalized spacial score (nSPS) is 16.4. The summed E-state index contributed by atoms with van der Waals surface area (Å²) in [5, 5.41) is 11.0. The van der Waals surface area contributed by atoms with Gasteiger partial charge in [-0.15, -0.1) is 10.2 Å². The highest BCUT2D eigenvalue weighted by atomic mass is 16.7. The molecule has 1 aromatic heterocycles. The smallest absolute Gasteiger partial charge is 0.251 e. The van der Waals surface area contributed by atoms with Gasteiger partial charge in [0.05, 0.1) is 0 Å². The molecular weight excluding hydrogens is 394 g/mol. The van der Waals surface area contributed by atoms with Crippen molar-refractivity contribution in [2.24, 2.45) is 0 Å². The van der Waals surface area contributed by atoms with E-state index >= 15 is 0 Å². The Hall–Kier alpha value is -3.35. The van der Waals surface area contributed by atoms with Crippen molar-refractivity contribution in [2.45, 2.75) is 57.7 Å². The molecule has 160 valence electrons. The Morgan fingerprint density at radius 3 is 2.58 bits per heavy atom. The number of carbonyl (C=O) groups excluding carboxylic acids is 1. The van der Waals surface area contributed by atoms with E-state index in [9.17, 15) is 4.79 Å². The number of hydrogen-bond acceptors (Lipinski definition) is 6. The fourth-order valence-electron chi connectivity index (χ4n) is 4.08. The van der Waals surface area contributed by atoms with Crippen LogP contribution in [0.1, 0.15) is 50.0 Å². The zero-order valence-electron chi connectivity index (χ0n) is 17.5. The van der Waals surface area contributed by atoms with Gasteiger partial charge in [-0.2, -0.15) is 0 Å². The van der Waals surface area contributed by atoms with Gasteiger partial charge in [0.1, 0.15) is 0 Å². The summed E-state index contributed by atoms with van der Waals surface area (Å²) in [4.78, 5) is 12.4. The number of aryl methyl sites for hydroxylation is 2. The molecule has 1 spiro atoms. The zero-order valence-corrected chi connectivity index (χ0v) is 17.5. The number of rotatable bonds is 5. The van der Waals surface area contributed by atoms with Crippen molar-refractivity contribution in [1.29, 1.82) is 0 Å². The Balaban J connectivity index is 1.17. The maximum absolute atomic E-state index is 12.4. The first kappa shape index (κ1) is 19.6. The lowest BCUT2D eigenvalue weighted by Gasteiger charge is -2.31. The van der Waals surface area contributed by atoms with Gasteiger partial charge in [-0.05, 0) is 44.0 Å². The fraction of sp³-hybridized carbons (Fsp3) is 0.375. The number of nitrogens with zero attached hydrogens (tertiary/aromatic N) is 2. The van der Waals surface area contributed by atoms with Gasteiger partial charge >= 0.3 is 0 Å². The maximum Gasteiger partial charge on any atom is 0.251 e. The molecule has 0 radical (unpaired) electrons. The lowest BCUT2D eigenvalue weighted by molar-refractivity contribution is -0.116. The van der Waals surface area contributed by atoms with Crippen LogP contribution in [0.15, 0.2) is 46.9 Å². The van der Waals surface area contributed by atoms with Gasteiger partial charge < -0.3 is 19.2 Å². The van der Waals surface area contributed by atoms with E-state index in [1.54, 1.807) is 0 Å². The lowest BCUT2D eigenvalue weighted by atomic mass is 9.94. The van der Waals surface area contributed by atoms with Gasteiger partial charge in [-0.25, -0.2) is 0 Å². The summed E-state index contributed by atoms with van der Waals surface area (Å²) in [7, 11) is 0. The van der Waals surface area contributed by atoms with Gasteiger partial charge in [-0.1, -0.05) is 24.1 Å². The second-order valence-electron chi connectivity index (χ2n) is 8.25. The summed E-state index contributed by atoms with van der Waals surface area (Å²) >= 11 is 0. The molecule has 1 saturated carbocycles. The second-order valence-corrected chi connectivity index (χ2v) is 8.25. The summed E-state index contributed by atoms with van der Waals surface area (Å²) in [5.74, 6) is 1.70. The molecule has 2 heterocycles.